The maximum atomic E-state index is 4.54. The molecule has 0 aromatic carbocycles. The topological polar surface area (TPSA) is 9.23 Å². The van der Waals surface area contributed by atoms with E-state index in [9.17, 15) is 0 Å². The number of methoxy groups -OCH3 is 1. The molecule has 1 nitrogen and oxygen atoms in total. The van der Waals surface area contributed by atoms with Crippen LogP contribution in [0.15, 0.2) is 0 Å². The van der Waals surface area contributed by atoms with Crippen LogP contribution < -0.4 is 0 Å². The minimum absolute atomic E-state index is 0. The molecule has 0 N–H and O–H groups in total. The largest absolute Gasteiger partial charge is 0.385 e. The molecule has 6 heavy (non-hydrogen) atoms. The van der Waals surface area contributed by atoms with Gasteiger partial charge in [0.1, 0.15) is 0 Å². The van der Waals surface area contributed by atoms with E-state index in [2.05, 4.69) is 4.74 Å². The summed E-state index contributed by atoms with van der Waals surface area (Å²) in [7, 11) is 1.68. The van der Waals surface area contributed by atoms with Gasteiger partial charge in [-0.05, 0) is 6.92 Å². The van der Waals surface area contributed by atoms with Gasteiger partial charge >= 0.3 is 0 Å². The third-order valence-corrected chi connectivity index (χ3v) is 0.289. The number of ether oxygens (including phenoxy) is 1. The van der Waals surface area contributed by atoms with Crippen LogP contribution in [0, 0.1) is 0 Å². The molecule has 0 aromatic rings. The predicted octanol–water partition coefficient (Wildman–Crippen LogP) is 0.385. The van der Waals surface area contributed by atoms with Crippen LogP contribution in [0.25, 0.3) is 0 Å². The molecule has 35 valence electrons. The second kappa shape index (κ2) is 16.8. The fourth-order valence-corrected chi connectivity index (χ4v) is 0. The van der Waals surface area contributed by atoms with Crippen LogP contribution >= 0.6 is 13.5 Å². The van der Waals surface area contributed by atoms with Gasteiger partial charge in [-0.3, -0.25) is 0 Å². The van der Waals surface area contributed by atoms with Crippen molar-refractivity contribution in [3.63, 3.8) is 0 Å². The fraction of sp³-hybridized carbons (Fsp3) is 1.00. The van der Waals surface area contributed by atoms with Crippen LogP contribution in [0.4, 0.5) is 0 Å². The number of hydrogen-bond acceptors (Lipinski definition) is 1. The van der Waals surface area contributed by atoms with Crippen molar-refractivity contribution in [2.45, 2.75) is 6.92 Å². The van der Waals surface area contributed by atoms with Crippen LogP contribution in [0.3, 0.4) is 0 Å². The van der Waals surface area contributed by atoms with Gasteiger partial charge in [-0.1, -0.05) is 0 Å². The molecule has 0 aliphatic carbocycles. The van der Waals surface area contributed by atoms with Crippen LogP contribution in [0.5, 0.6) is 0 Å². The molecule has 0 saturated carbocycles. The van der Waals surface area contributed by atoms with Crippen LogP contribution in [-0.4, -0.2) is 32.6 Å². The zero-order chi connectivity index (χ0) is 3.41. The third kappa shape index (κ3) is 20.6. The first-order valence-electron chi connectivity index (χ1n) is 1.40. The Hall–Kier alpha value is 0.907. The van der Waals surface area contributed by atoms with Gasteiger partial charge in [-0.25, -0.2) is 0 Å². The molecule has 0 aliphatic heterocycles. The summed E-state index contributed by atoms with van der Waals surface area (Å²) in [5.41, 5.74) is 0. The standard InChI is InChI=1S/C3H8O.Li.H2S/c1-3-4-2;;/h3H2,1-2H3;;1H2. The van der Waals surface area contributed by atoms with Crippen LogP contribution in [-0.2, 0) is 4.74 Å². The molecule has 0 rings (SSSR count). The first-order valence-corrected chi connectivity index (χ1v) is 1.40. The van der Waals surface area contributed by atoms with Crippen LogP contribution in [0.1, 0.15) is 6.92 Å². The van der Waals surface area contributed by atoms with Gasteiger partial charge in [0.25, 0.3) is 0 Å². The summed E-state index contributed by atoms with van der Waals surface area (Å²) in [6.07, 6.45) is 0. The van der Waals surface area contributed by atoms with Crippen molar-refractivity contribution >= 4 is 32.4 Å². The Morgan fingerprint density at radius 1 is 1.50 bits per heavy atom. The minimum atomic E-state index is 0. The Morgan fingerprint density at radius 3 is 1.67 bits per heavy atom. The maximum Gasteiger partial charge on any atom is 0.0433 e. The maximum absolute atomic E-state index is 4.54. The molecule has 0 aliphatic rings. The van der Waals surface area contributed by atoms with E-state index >= 15 is 0 Å². The van der Waals surface area contributed by atoms with Gasteiger partial charge < -0.3 is 4.74 Å². The molecule has 0 spiro atoms. The van der Waals surface area contributed by atoms with Gasteiger partial charge in [0, 0.05) is 32.6 Å². The summed E-state index contributed by atoms with van der Waals surface area (Å²) in [6.45, 7) is 2.78. The van der Waals surface area contributed by atoms with E-state index in [4.69, 9.17) is 0 Å². The van der Waals surface area contributed by atoms with Gasteiger partial charge in [0.15, 0.2) is 0 Å². The summed E-state index contributed by atoms with van der Waals surface area (Å²) < 4.78 is 4.54. The molecule has 0 atom stereocenters. The molecule has 0 heterocycles. The van der Waals surface area contributed by atoms with E-state index in [1.165, 1.54) is 0 Å². The Morgan fingerprint density at radius 2 is 1.67 bits per heavy atom. The van der Waals surface area contributed by atoms with E-state index in [0.717, 1.165) is 6.61 Å². The van der Waals surface area contributed by atoms with Crippen molar-refractivity contribution in [3.05, 3.63) is 0 Å². The van der Waals surface area contributed by atoms with Gasteiger partial charge in [0.2, 0.25) is 0 Å². The molecule has 0 unspecified atom stereocenters. The van der Waals surface area contributed by atoms with E-state index in [0.29, 0.717) is 0 Å². The molecule has 0 saturated heterocycles. The summed E-state index contributed by atoms with van der Waals surface area (Å²) in [6, 6.07) is 0. The molecule has 0 amide bonds. The van der Waals surface area contributed by atoms with Crippen molar-refractivity contribution in [2.24, 2.45) is 0 Å². The zero-order valence-electron chi connectivity index (χ0n) is 4.62. The van der Waals surface area contributed by atoms with Crippen molar-refractivity contribution in [1.29, 1.82) is 0 Å². The van der Waals surface area contributed by atoms with E-state index < -0.39 is 0 Å². The Kier molecular flexibility index (Phi) is 44.3. The van der Waals surface area contributed by atoms with E-state index in [1.54, 1.807) is 7.11 Å². The first kappa shape index (κ1) is 15.8. The van der Waals surface area contributed by atoms with Crippen molar-refractivity contribution in [1.82, 2.24) is 0 Å². The van der Waals surface area contributed by atoms with E-state index in [1.807, 2.05) is 6.92 Å². The minimum Gasteiger partial charge on any atom is -0.385 e. The quantitative estimate of drug-likeness (QED) is 0.434. The van der Waals surface area contributed by atoms with Gasteiger partial charge in [-0.2, -0.15) is 13.5 Å². The van der Waals surface area contributed by atoms with Crippen molar-refractivity contribution < 1.29 is 4.74 Å². The predicted molar refractivity (Wildman–Crippen MR) is 33.7 cm³/mol. The van der Waals surface area contributed by atoms with Crippen molar-refractivity contribution in [3.8, 4) is 0 Å². The van der Waals surface area contributed by atoms with Crippen LogP contribution in [0.2, 0.25) is 0 Å². The summed E-state index contributed by atoms with van der Waals surface area (Å²) in [5.74, 6) is 0. The van der Waals surface area contributed by atoms with E-state index in [-0.39, 0.29) is 32.4 Å². The molecule has 0 bridgehead atoms. The average molecular weight is 101 g/mol. The summed E-state index contributed by atoms with van der Waals surface area (Å²) in [4.78, 5) is 0. The Labute approximate surface area is 58.1 Å². The molecular formula is C3H10LiOS. The van der Waals surface area contributed by atoms with Gasteiger partial charge in [0.05, 0.1) is 0 Å². The summed E-state index contributed by atoms with van der Waals surface area (Å²) in [5, 5.41) is 0. The second-order valence-electron chi connectivity index (χ2n) is 0.577. The van der Waals surface area contributed by atoms with Crippen molar-refractivity contribution in [2.75, 3.05) is 13.7 Å². The fourth-order valence-electron chi connectivity index (χ4n) is 0. The first-order chi connectivity index (χ1) is 1.91. The SMILES string of the molecule is CCOC.S.[Li]. The molecule has 3 heteroatoms. The molecular weight excluding hydrogens is 91.0 g/mol. The smallest absolute Gasteiger partial charge is 0.0433 e. The number of hydrogen-bond donors (Lipinski definition) is 0. The molecule has 0 aromatic heterocycles. The Bertz CT molecular complexity index is 12.8. The van der Waals surface area contributed by atoms with Gasteiger partial charge in [-0.15, -0.1) is 0 Å². The average Bonchev–Trinajstić information content (AvgIpc) is 1.37. The third-order valence-electron chi connectivity index (χ3n) is 0.289. The monoisotopic (exact) mass is 101 g/mol. The normalized spacial score (nSPS) is 5.00. The number of rotatable bonds is 1. The second-order valence-corrected chi connectivity index (χ2v) is 0.577. The summed E-state index contributed by atoms with van der Waals surface area (Å²) >= 11 is 0. The zero-order valence-corrected chi connectivity index (χ0v) is 5.62. The molecule has 1 radical (unpaired) electrons. The Balaban J connectivity index is -0.0000000450. The molecule has 0 fully saturated rings.